The molecule has 3 heterocycles. The molecule has 0 saturated carbocycles. The van der Waals surface area contributed by atoms with Gasteiger partial charge in [0.1, 0.15) is 17.5 Å². The Morgan fingerprint density at radius 3 is 2.10 bits per heavy atom. The minimum absolute atomic E-state index is 0.0196. The molecule has 49 heavy (non-hydrogen) atoms. The zero-order valence-corrected chi connectivity index (χ0v) is 27.2. The largest absolute Gasteiger partial charge is 0.479 e. The average Bonchev–Trinajstić information content (AvgIpc) is 3.60. The molecule has 6 aromatic rings. The summed E-state index contributed by atoms with van der Waals surface area (Å²) < 4.78 is 13.5. The van der Waals surface area contributed by atoms with E-state index in [9.17, 15) is 0 Å². The van der Waals surface area contributed by atoms with E-state index in [1.807, 2.05) is 12.1 Å². The van der Waals surface area contributed by atoms with Gasteiger partial charge in [-0.2, -0.15) is 0 Å². The third-order valence-corrected chi connectivity index (χ3v) is 11.2. The van der Waals surface area contributed by atoms with Crippen LogP contribution in [0.15, 0.2) is 151 Å². The number of rotatable bonds is 4. The van der Waals surface area contributed by atoms with Crippen LogP contribution in [0.5, 0.6) is 17.2 Å². The molecular formula is C45H32N2O2. The number of benzene rings is 6. The highest BCUT2D eigenvalue weighted by atomic mass is 16.5. The average molecular weight is 633 g/mol. The lowest BCUT2D eigenvalue weighted by Crippen LogP contribution is -2.50. The van der Waals surface area contributed by atoms with Gasteiger partial charge in [0.15, 0.2) is 17.6 Å². The SMILES string of the molecule is CC1(C)c2ccccc2-c2cc(N(C3=CC=C4c5cccc6c5N5c7c(cccc7OC3C45)O6)c3ccc(-c4ccccc4)cc3)ccc21. The first-order valence-corrected chi connectivity index (χ1v) is 17.1. The molecule has 5 aliphatic rings. The number of para-hydroxylation sites is 2. The van der Waals surface area contributed by atoms with E-state index in [1.165, 1.54) is 44.5 Å². The van der Waals surface area contributed by atoms with Gasteiger partial charge in [-0.3, -0.25) is 0 Å². The van der Waals surface area contributed by atoms with Crippen LogP contribution >= 0.6 is 0 Å². The molecule has 0 N–H and O–H groups in total. The van der Waals surface area contributed by atoms with Crippen LogP contribution in [0, 0.1) is 0 Å². The second kappa shape index (κ2) is 9.55. The number of ether oxygens (including phenoxy) is 2. The van der Waals surface area contributed by atoms with Gasteiger partial charge >= 0.3 is 0 Å². The topological polar surface area (TPSA) is 24.9 Å². The zero-order chi connectivity index (χ0) is 32.4. The quantitative estimate of drug-likeness (QED) is 0.193. The summed E-state index contributed by atoms with van der Waals surface area (Å²) in [5.41, 5.74) is 15.6. The number of fused-ring (bicyclic) bond motifs is 4. The van der Waals surface area contributed by atoms with Gasteiger partial charge in [0, 0.05) is 22.4 Å². The lowest BCUT2D eigenvalue weighted by molar-refractivity contribution is 0.207. The molecule has 0 bridgehead atoms. The molecule has 2 unspecified atom stereocenters. The molecule has 4 heteroatoms. The van der Waals surface area contributed by atoms with Crippen molar-refractivity contribution in [1.29, 1.82) is 0 Å². The lowest BCUT2D eigenvalue weighted by atomic mass is 9.82. The van der Waals surface area contributed by atoms with Crippen LogP contribution in [0.1, 0.15) is 30.5 Å². The van der Waals surface area contributed by atoms with Crippen molar-refractivity contribution < 1.29 is 9.47 Å². The third-order valence-electron chi connectivity index (χ3n) is 11.2. The van der Waals surface area contributed by atoms with Crippen molar-refractivity contribution in [2.45, 2.75) is 31.4 Å². The van der Waals surface area contributed by atoms with Crippen molar-refractivity contribution in [3.05, 3.63) is 168 Å². The predicted molar refractivity (Wildman–Crippen MR) is 197 cm³/mol. The van der Waals surface area contributed by atoms with E-state index in [0.29, 0.717) is 0 Å². The van der Waals surface area contributed by atoms with Crippen molar-refractivity contribution in [3.8, 4) is 39.5 Å². The smallest absolute Gasteiger partial charge is 0.164 e. The fourth-order valence-corrected chi connectivity index (χ4v) is 8.92. The van der Waals surface area contributed by atoms with Crippen LogP contribution in [0.25, 0.3) is 27.8 Å². The molecule has 2 atom stereocenters. The molecule has 0 radical (unpaired) electrons. The molecule has 6 aromatic carbocycles. The lowest BCUT2D eigenvalue weighted by Gasteiger charge is -2.46. The Morgan fingerprint density at radius 2 is 1.24 bits per heavy atom. The standard InChI is InChI=1S/C45H32N2O2/c1-45(2)35-14-7-6-12-31(35)34-26-30(22-24-36(34)45)46(29-20-18-28(19-21-29)27-10-4-3-5-11-27)37-25-23-33-32-13-8-15-38-41(32)47-42(33)44(37)49-40-17-9-16-39(48-38)43(40)47/h3-26,42,44H,1-2H3. The fourth-order valence-electron chi connectivity index (χ4n) is 8.92. The van der Waals surface area contributed by atoms with Gasteiger partial charge in [-0.1, -0.05) is 111 Å². The van der Waals surface area contributed by atoms with E-state index in [0.717, 1.165) is 45.7 Å². The van der Waals surface area contributed by atoms with E-state index in [1.54, 1.807) is 0 Å². The molecule has 2 aliphatic carbocycles. The van der Waals surface area contributed by atoms with Crippen molar-refractivity contribution in [2.24, 2.45) is 0 Å². The maximum atomic E-state index is 7.10. The van der Waals surface area contributed by atoms with E-state index in [2.05, 4.69) is 157 Å². The Morgan fingerprint density at radius 1 is 0.571 bits per heavy atom. The van der Waals surface area contributed by atoms with Gasteiger partial charge in [-0.15, -0.1) is 0 Å². The summed E-state index contributed by atoms with van der Waals surface area (Å²) in [5, 5.41) is 0. The molecule has 0 amide bonds. The minimum atomic E-state index is -0.258. The summed E-state index contributed by atoms with van der Waals surface area (Å²) in [4.78, 5) is 4.89. The summed E-state index contributed by atoms with van der Waals surface area (Å²) in [7, 11) is 0. The van der Waals surface area contributed by atoms with Crippen LogP contribution in [0.3, 0.4) is 0 Å². The predicted octanol–water partition coefficient (Wildman–Crippen LogP) is 11.2. The minimum Gasteiger partial charge on any atom is -0.479 e. The highest BCUT2D eigenvalue weighted by molar-refractivity contribution is 6.01. The Kier molecular flexibility index (Phi) is 5.26. The van der Waals surface area contributed by atoms with Gasteiger partial charge in [0.2, 0.25) is 0 Å². The third kappa shape index (κ3) is 3.58. The highest BCUT2D eigenvalue weighted by Crippen LogP contribution is 2.63. The Labute approximate surface area is 285 Å². The second-order valence-electron chi connectivity index (χ2n) is 14.1. The molecule has 3 aliphatic heterocycles. The van der Waals surface area contributed by atoms with Crippen molar-refractivity contribution in [1.82, 2.24) is 0 Å². The maximum absolute atomic E-state index is 7.10. The zero-order valence-electron chi connectivity index (χ0n) is 27.2. The monoisotopic (exact) mass is 632 g/mol. The number of hydrogen-bond donors (Lipinski definition) is 0. The molecule has 0 aromatic heterocycles. The first-order valence-electron chi connectivity index (χ1n) is 17.1. The van der Waals surface area contributed by atoms with E-state index in [-0.39, 0.29) is 17.6 Å². The summed E-state index contributed by atoms with van der Waals surface area (Å²) in [5.74, 6) is 2.58. The van der Waals surface area contributed by atoms with Crippen LogP contribution in [-0.4, -0.2) is 12.1 Å². The Bertz CT molecular complexity index is 2440. The molecule has 0 spiro atoms. The van der Waals surface area contributed by atoms with Crippen LogP contribution < -0.4 is 19.3 Å². The summed E-state index contributed by atoms with van der Waals surface area (Å²) in [6, 6.07) is 48.0. The summed E-state index contributed by atoms with van der Waals surface area (Å²) in [6.07, 6.45) is 4.32. The van der Waals surface area contributed by atoms with Crippen LogP contribution in [0.2, 0.25) is 0 Å². The number of nitrogens with zero attached hydrogens (tertiary/aromatic N) is 2. The van der Waals surface area contributed by atoms with E-state index >= 15 is 0 Å². The van der Waals surface area contributed by atoms with Crippen molar-refractivity contribution in [3.63, 3.8) is 0 Å². The molecule has 11 rings (SSSR count). The maximum Gasteiger partial charge on any atom is 0.164 e. The number of hydrogen-bond acceptors (Lipinski definition) is 4. The first-order chi connectivity index (χ1) is 24.1. The summed E-state index contributed by atoms with van der Waals surface area (Å²) in [6.45, 7) is 4.67. The van der Waals surface area contributed by atoms with Crippen molar-refractivity contribution in [2.75, 3.05) is 9.80 Å². The number of allylic oxidation sites excluding steroid dienone is 2. The van der Waals surface area contributed by atoms with Crippen LogP contribution in [-0.2, 0) is 5.41 Å². The summed E-state index contributed by atoms with van der Waals surface area (Å²) >= 11 is 0. The fraction of sp³-hybridized carbons (Fsp3) is 0.111. The van der Waals surface area contributed by atoms with E-state index < -0.39 is 0 Å². The molecule has 4 nitrogen and oxygen atoms in total. The first kappa shape index (κ1) is 27.0. The molecular weight excluding hydrogens is 601 g/mol. The Hall–Kier alpha value is -6.00. The molecule has 0 fully saturated rings. The second-order valence-corrected chi connectivity index (χ2v) is 14.1. The Balaban J connectivity index is 1.12. The van der Waals surface area contributed by atoms with E-state index in [4.69, 9.17) is 9.47 Å². The molecule has 0 saturated heterocycles. The normalized spacial score (nSPS) is 19.1. The van der Waals surface area contributed by atoms with Gasteiger partial charge in [0.25, 0.3) is 0 Å². The van der Waals surface area contributed by atoms with Crippen molar-refractivity contribution >= 4 is 28.3 Å². The van der Waals surface area contributed by atoms with Crippen LogP contribution in [0.4, 0.5) is 22.7 Å². The van der Waals surface area contributed by atoms with Gasteiger partial charge in [-0.25, -0.2) is 0 Å². The number of anilines is 4. The van der Waals surface area contributed by atoms with Gasteiger partial charge < -0.3 is 19.3 Å². The molecule has 234 valence electrons. The van der Waals surface area contributed by atoms with Gasteiger partial charge in [-0.05, 0) is 87.5 Å². The highest BCUT2D eigenvalue weighted by Gasteiger charge is 2.52. The van der Waals surface area contributed by atoms with Gasteiger partial charge in [0.05, 0.1) is 11.4 Å².